The van der Waals surface area contributed by atoms with Gasteiger partial charge in [0.15, 0.2) is 6.10 Å². The summed E-state index contributed by atoms with van der Waals surface area (Å²) >= 11 is 5.38. The van der Waals surface area contributed by atoms with Gasteiger partial charge in [0, 0.05) is 32.0 Å². The molecule has 0 aliphatic rings. The lowest BCUT2D eigenvalue weighted by molar-refractivity contribution is -0.131. The Hall–Kier alpha value is -2.11. The van der Waals surface area contributed by atoms with Crippen LogP contribution in [-0.4, -0.2) is 35.0 Å². The van der Waals surface area contributed by atoms with Gasteiger partial charge in [-0.3, -0.25) is 5.32 Å². The molecule has 29 heavy (non-hydrogen) atoms. The smallest absolute Gasteiger partial charge is 0.412 e. The standard InChI is InChI=1S/C20H19BrINO6/c1-2-28-17(9-10-18(25)26)19(15-11-13(22)5-8-16(15)24)29-20(27)23-14-6-3-12(21)4-7-14/h3-11,17,19,24H,2H2,1H3,(H,23,27)(H,25,26)/b10-9+/t17-,19-/m0/s1. The Morgan fingerprint density at radius 1 is 1.24 bits per heavy atom. The molecule has 0 radical (unpaired) electrons. The number of carbonyl (C=O) groups excluding carboxylic acids is 1. The number of benzene rings is 2. The van der Waals surface area contributed by atoms with Gasteiger partial charge in [-0.05, 0) is 78.1 Å². The molecule has 0 spiro atoms. The second-order valence-electron chi connectivity index (χ2n) is 5.78. The van der Waals surface area contributed by atoms with E-state index in [1.54, 1.807) is 43.3 Å². The van der Waals surface area contributed by atoms with E-state index < -0.39 is 24.3 Å². The Balaban J connectivity index is 2.34. The largest absolute Gasteiger partial charge is 0.508 e. The summed E-state index contributed by atoms with van der Waals surface area (Å²) in [6, 6.07) is 11.7. The van der Waals surface area contributed by atoms with Gasteiger partial charge in [-0.1, -0.05) is 15.9 Å². The van der Waals surface area contributed by atoms with Crippen LogP contribution in [0.5, 0.6) is 5.75 Å². The molecule has 3 N–H and O–H groups in total. The third-order valence-electron chi connectivity index (χ3n) is 3.71. The highest BCUT2D eigenvalue weighted by molar-refractivity contribution is 14.1. The van der Waals surface area contributed by atoms with Crippen LogP contribution in [0.4, 0.5) is 10.5 Å². The average Bonchev–Trinajstić information content (AvgIpc) is 2.67. The van der Waals surface area contributed by atoms with Crippen molar-refractivity contribution in [3.8, 4) is 5.75 Å². The predicted octanol–water partition coefficient (Wildman–Crippen LogP) is 5.10. The van der Waals surface area contributed by atoms with Crippen LogP contribution >= 0.6 is 38.5 Å². The summed E-state index contributed by atoms with van der Waals surface area (Å²) in [5.41, 5.74) is 0.814. The number of anilines is 1. The fourth-order valence-corrected chi connectivity index (χ4v) is 3.25. The van der Waals surface area contributed by atoms with Crippen LogP contribution in [0.25, 0.3) is 0 Å². The van der Waals surface area contributed by atoms with Crippen LogP contribution in [0, 0.1) is 3.57 Å². The summed E-state index contributed by atoms with van der Waals surface area (Å²) in [6.07, 6.45) is -0.577. The number of carboxylic acids is 1. The zero-order chi connectivity index (χ0) is 21.4. The molecule has 0 saturated carbocycles. The molecule has 2 aromatic carbocycles. The van der Waals surface area contributed by atoms with E-state index in [0.29, 0.717) is 11.3 Å². The summed E-state index contributed by atoms with van der Waals surface area (Å²) in [6.45, 7) is 1.97. The van der Waals surface area contributed by atoms with Crippen molar-refractivity contribution in [3.05, 3.63) is 68.2 Å². The van der Waals surface area contributed by atoms with Gasteiger partial charge in [-0.2, -0.15) is 0 Å². The molecule has 9 heteroatoms. The number of phenols is 1. The van der Waals surface area contributed by atoms with Gasteiger partial charge in [0.25, 0.3) is 0 Å². The van der Waals surface area contributed by atoms with Crippen LogP contribution < -0.4 is 5.32 Å². The number of aromatic hydroxyl groups is 1. The summed E-state index contributed by atoms with van der Waals surface area (Å²) in [5.74, 6) is -1.26. The molecule has 0 saturated heterocycles. The molecule has 0 unspecified atom stereocenters. The van der Waals surface area contributed by atoms with Crippen molar-refractivity contribution in [3.63, 3.8) is 0 Å². The minimum Gasteiger partial charge on any atom is -0.508 e. The summed E-state index contributed by atoms with van der Waals surface area (Å²) in [7, 11) is 0. The Morgan fingerprint density at radius 3 is 2.55 bits per heavy atom. The van der Waals surface area contributed by atoms with Crippen molar-refractivity contribution in [2.75, 3.05) is 11.9 Å². The molecule has 0 aromatic heterocycles. The molecule has 154 valence electrons. The van der Waals surface area contributed by atoms with Gasteiger partial charge in [0.2, 0.25) is 0 Å². The third-order valence-corrected chi connectivity index (χ3v) is 4.91. The maximum absolute atomic E-state index is 12.5. The van der Waals surface area contributed by atoms with Crippen molar-refractivity contribution in [1.82, 2.24) is 0 Å². The van der Waals surface area contributed by atoms with E-state index in [2.05, 4.69) is 43.8 Å². The van der Waals surface area contributed by atoms with Crippen molar-refractivity contribution in [1.29, 1.82) is 0 Å². The highest BCUT2D eigenvalue weighted by Gasteiger charge is 2.29. The zero-order valence-electron chi connectivity index (χ0n) is 15.3. The van der Waals surface area contributed by atoms with E-state index in [4.69, 9.17) is 14.6 Å². The number of nitrogens with one attached hydrogen (secondary N) is 1. The van der Waals surface area contributed by atoms with E-state index in [0.717, 1.165) is 14.1 Å². The quantitative estimate of drug-likeness (QED) is 0.299. The van der Waals surface area contributed by atoms with Crippen LogP contribution in [0.2, 0.25) is 0 Å². The van der Waals surface area contributed by atoms with E-state index in [-0.39, 0.29) is 12.4 Å². The lowest BCUT2D eigenvalue weighted by Crippen LogP contribution is -2.28. The summed E-state index contributed by atoms with van der Waals surface area (Å²) < 4.78 is 12.8. The SMILES string of the molecule is CCO[C@@H](/C=C/C(=O)O)[C@@H](OC(=O)Nc1ccc(Br)cc1)c1cc(I)ccc1O. The van der Waals surface area contributed by atoms with Crippen LogP contribution in [0.3, 0.4) is 0 Å². The summed E-state index contributed by atoms with van der Waals surface area (Å²) in [5, 5.41) is 21.9. The monoisotopic (exact) mass is 575 g/mol. The fourth-order valence-electron chi connectivity index (χ4n) is 2.47. The number of hydrogen-bond acceptors (Lipinski definition) is 5. The second-order valence-corrected chi connectivity index (χ2v) is 7.94. The number of halogens is 2. The minimum absolute atomic E-state index is 0.0970. The Morgan fingerprint density at radius 2 is 1.93 bits per heavy atom. The third kappa shape index (κ3) is 7.33. The van der Waals surface area contributed by atoms with Gasteiger partial charge in [-0.15, -0.1) is 0 Å². The Kier molecular flexibility index (Phi) is 8.93. The van der Waals surface area contributed by atoms with Crippen molar-refractivity contribution in [2.24, 2.45) is 0 Å². The second kappa shape index (κ2) is 11.2. The van der Waals surface area contributed by atoms with E-state index in [9.17, 15) is 14.7 Å². The number of amides is 1. The number of rotatable bonds is 8. The number of phenolic OH excluding ortho intramolecular Hbond substituents is 1. The zero-order valence-corrected chi connectivity index (χ0v) is 19.1. The van der Waals surface area contributed by atoms with Crippen molar-refractivity contribution in [2.45, 2.75) is 19.1 Å². The molecule has 7 nitrogen and oxygen atoms in total. The Bertz CT molecular complexity index is 887. The molecule has 0 bridgehead atoms. The van der Waals surface area contributed by atoms with Gasteiger partial charge in [0.1, 0.15) is 11.9 Å². The maximum Gasteiger partial charge on any atom is 0.412 e. The number of carbonyl (C=O) groups is 2. The molecule has 0 aliphatic heterocycles. The highest BCUT2D eigenvalue weighted by atomic mass is 127. The Labute approximate surface area is 190 Å². The lowest BCUT2D eigenvalue weighted by Gasteiger charge is -2.26. The molecule has 0 aliphatic carbocycles. The highest BCUT2D eigenvalue weighted by Crippen LogP contribution is 2.33. The van der Waals surface area contributed by atoms with Gasteiger partial charge in [0.05, 0.1) is 0 Å². The first kappa shape index (κ1) is 23.2. The average molecular weight is 576 g/mol. The molecular weight excluding hydrogens is 557 g/mol. The maximum atomic E-state index is 12.5. The molecule has 1 amide bonds. The summed E-state index contributed by atoms with van der Waals surface area (Å²) in [4.78, 5) is 23.5. The molecule has 0 heterocycles. The molecular formula is C20H19BrINO6. The topological polar surface area (TPSA) is 105 Å². The first-order valence-electron chi connectivity index (χ1n) is 8.54. The van der Waals surface area contributed by atoms with Crippen LogP contribution in [0.1, 0.15) is 18.6 Å². The minimum atomic E-state index is -1.17. The number of hydrogen-bond donors (Lipinski definition) is 3. The van der Waals surface area contributed by atoms with Crippen LogP contribution in [0.15, 0.2) is 59.1 Å². The molecule has 2 rings (SSSR count). The molecule has 2 atom stereocenters. The van der Waals surface area contributed by atoms with Gasteiger partial charge >= 0.3 is 12.1 Å². The van der Waals surface area contributed by atoms with E-state index in [1.807, 2.05) is 0 Å². The number of aliphatic carboxylic acids is 1. The van der Waals surface area contributed by atoms with Gasteiger partial charge in [-0.25, -0.2) is 9.59 Å². The van der Waals surface area contributed by atoms with E-state index >= 15 is 0 Å². The van der Waals surface area contributed by atoms with Crippen molar-refractivity contribution >= 4 is 56.3 Å². The first-order chi connectivity index (χ1) is 13.8. The molecule has 2 aromatic rings. The lowest BCUT2D eigenvalue weighted by atomic mass is 10.0. The fraction of sp³-hybridized carbons (Fsp3) is 0.200. The van der Waals surface area contributed by atoms with E-state index in [1.165, 1.54) is 12.1 Å². The van der Waals surface area contributed by atoms with Crippen molar-refractivity contribution < 1.29 is 29.3 Å². The van der Waals surface area contributed by atoms with Gasteiger partial charge < -0.3 is 19.7 Å². The number of carboxylic acid groups (broad SMARTS) is 1. The normalized spacial score (nSPS) is 13.1. The van der Waals surface area contributed by atoms with Crippen LogP contribution in [-0.2, 0) is 14.3 Å². The number of ether oxygens (including phenoxy) is 2. The predicted molar refractivity (Wildman–Crippen MR) is 120 cm³/mol. The first-order valence-corrected chi connectivity index (χ1v) is 10.4. The molecule has 0 fully saturated rings.